The van der Waals surface area contributed by atoms with E-state index in [2.05, 4.69) is 10.1 Å². The maximum absolute atomic E-state index is 5.55. The zero-order chi connectivity index (χ0) is 9.26. The third-order valence-electron chi connectivity index (χ3n) is 1.82. The van der Waals surface area contributed by atoms with Crippen LogP contribution in [-0.4, -0.2) is 15.2 Å². The van der Waals surface area contributed by atoms with Gasteiger partial charge in [0, 0.05) is 24.2 Å². The summed E-state index contributed by atoms with van der Waals surface area (Å²) >= 11 is 0. The van der Waals surface area contributed by atoms with E-state index in [1.807, 2.05) is 28.9 Å². The molecule has 2 aromatic rings. The molecule has 4 N–H and O–H groups in total. The van der Waals surface area contributed by atoms with Gasteiger partial charge in [0.25, 0.3) is 0 Å². The number of amidine groups is 1. The summed E-state index contributed by atoms with van der Waals surface area (Å²) in [5, 5.41) is 3.41. The van der Waals surface area contributed by atoms with Crippen LogP contribution in [0.15, 0.2) is 35.8 Å². The molecule has 0 unspecified atom stereocenters. The minimum Gasteiger partial charge on any atom is -0.382 e. The minimum atomic E-state index is 0.315. The molecule has 0 spiro atoms. The molecule has 0 aliphatic rings. The second-order valence-corrected chi connectivity index (χ2v) is 2.62. The molecule has 2 heterocycles. The lowest BCUT2D eigenvalue weighted by molar-refractivity contribution is 1.16. The average Bonchev–Trinajstić information content (AvgIpc) is 2.63. The van der Waals surface area contributed by atoms with E-state index in [4.69, 9.17) is 11.6 Å². The van der Waals surface area contributed by atoms with E-state index in [1.165, 1.54) is 0 Å². The van der Waals surface area contributed by atoms with Gasteiger partial charge in [-0.05, 0) is 12.1 Å². The fraction of sp³-hybridized carbons (Fsp3) is 0. The summed E-state index contributed by atoms with van der Waals surface area (Å²) < 4.78 is 1.85. The van der Waals surface area contributed by atoms with Gasteiger partial charge in [-0.1, -0.05) is 0 Å². The summed E-state index contributed by atoms with van der Waals surface area (Å²) in [7, 11) is 0. The van der Waals surface area contributed by atoms with E-state index < -0.39 is 0 Å². The highest BCUT2D eigenvalue weighted by atomic mass is 15.2. The molecule has 0 aromatic carbocycles. The Kier molecular flexibility index (Phi) is 1.63. The van der Waals surface area contributed by atoms with Crippen LogP contribution >= 0.6 is 0 Å². The van der Waals surface area contributed by atoms with E-state index in [9.17, 15) is 0 Å². The molecule has 5 heteroatoms. The molecule has 0 radical (unpaired) electrons. The Bertz CT molecular complexity index is 456. The summed E-state index contributed by atoms with van der Waals surface area (Å²) in [6.07, 6.45) is 5.38. The summed E-state index contributed by atoms with van der Waals surface area (Å²) in [6.45, 7) is 0. The van der Waals surface area contributed by atoms with Gasteiger partial charge in [0.15, 0.2) is 5.84 Å². The molecule has 5 nitrogen and oxygen atoms in total. The van der Waals surface area contributed by atoms with Crippen LogP contribution in [0.4, 0.5) is 0 Å². The summed E-state index contributed by atoms with van der Waals surface area (Å²) in [5.41, 5.74) is 7.20. The van der Waals surface area contributed by atoms with Gasteiger partial charge in [-0.3, -0.25) is 0 Å². The highest BCUT2D eigenvalue weighted by Gasteiger charge is 1.99. The first-order valence-corrected chi connectivity index (χ1v) is 3.77. The third kappa shape index (κ3) is 1.20. The Morgan fingerprint density at radius 2 is 2.31 bits per heavy atom. The predicted octanol–water partition coefficient (Wildman–Crippen LogP) is -0.0867. The van der Waals surface area contributed by atoms with Gasteiger partial charge in [-0.2, -0.15) is 5.10 Å². The number of hydrogen-bond donors (Lipinski definition) is 2. The van der Waals surface area contributed by atoms with Crippen molar-refractivity contribution in [3.8, 4) is 0 Å². The summed E-state index contributed by atoms with van der Waals surface area (Å²) in [5.74, 6) is 5.38. The van der Waals surface area contributed by atoms with Crippen LogP contribution < -0.4 is 11.6 Å². The molecule has 0 saturated heterocycles. The van der Waals surface area contributed by atoms with Crippen molar-refractivity contribution in [3.63, 3.8) is 0 Å². The quantitative estimate of drug-likeness (QED) is 0.275. The Morgan fingerprint density at radius 3 is 3.08 bits per heavy atom. The van der Waals surface area contributed by atoms with E-state index in [0.717, 1.165) is 11.2 Å². The second-order valence-electron chi connectivity index (χ2n) is 2.62. The zero-order valence-electron chi connectivity index (χ0n) is 6.88. The van der Waals surface area contributed by atoms with Gasteiger partial charge in [0.2, 0.25) is 0 Å². The molecule has 2 rings (SSSR count). The first-order chi connectivity index (χ1) is 6.31. The van der Waals surface area contributed by atoms with Crippen LogP contribution in [0.5, 0.6) is 0 Å². The number of hydrazone groups is 1. The zero-order valence-corrected chi connectivity index (χ0v) is 6.88. The molecule has 0 saturated carbocycles. The summed E-state index contributed by atoms with van der Waals surface area (Å²) in [4.78, 5) is 4.10. The minimum absolute atomic E-state index is 0.315. The van der Waals surface area contributed by atoms with Crippen LogP contribution in [-0.2, 0) is 0 Å². The molecular formula is C8H9N5. The van der Waals surface area contributed by atoms with Gasteiger partial charge in [-0.15, -0.1) is 0 Å². The van der Waals surface area contributed by atoms with E-state index in [0.29, 0.717) is 5.84 Å². The largest absolute Gasteiger partial charge is 0.382 e. The Balaban J connectivity index is 2.60. The van der Waals surface area contributed by atoms with Crippen molar-refractivity contribution in [1.29, 1.82) is 0 Å². The van der Waals surface area contributed by atoms with Crippen molar-refractivity contribution >= 4 is 11.5 Å². The molecule has 0 fully saturated rings. The third-order valence-corrected chi connectivity index (χ3v) is 1.82. The monoisotopic (exact) mass is 175 g/mol. The topological polar surface area (TPSA) is 81.7 Å². The standard InChI is InChI=1S/C8H9N5/c9-8(12-10)6-1-2-7-11-3-4-13(7)5-6/h1-5H,10H2,(H2,9,12). The first-order valence-electron chi connectivity index (χ1n) is 3.77. The molecule has 66 valence electrons. The van der Waals surface area contributed by atoms with Crippen LogP contribution in [0.1, 0.15) is 5.56 Å². The van der Waals surface area contributed by atoms with Gasteiger partial charge < -0.3 is 16.0 Å². The number of hydrogen-bond acceptors (Lipinski definition) is 3. The van der Waals surface area contributed by atoms with Crippen molar-refractivity contribution in [1.82, 2.24) is 9.38 Å². The van der Waals surface area contributed by atoms with Crippen LogP contribution in [0.3, 0.4) is 0 Å². The number of aromatic nitrogens is 2. The fourth-order valence-electron chi connectivity index (χ4n) is 1.15. The molecule has 2 aromatic heterocycles. The van der Waals surface area contributed by atoms with Crippen molar-refractivity contribution in [2.45, 2.75) is 0 Å². The number of pyridine rings is 1. The van der Waals surface area contributed by atoms with Gasteiger partial charge >= 0.3 is 0 Å². The smallest absolute Gasteiger partial charge is 0.151 e. The number of fused-ring (bicyclic) bond motifs is 1. The Labute approximate surface area is 74.7 Å². The van der Waals surface area contributed by atoms with E-state index in [-0.39, 0.29) is 0 Å². The van der Waals surface area contributed by atoms with Crippen LogP contribution in [0.2, 0.25) is 0 Å². The lowest BCUT2D eigenvalue weighted by Crippen LogP contribution is -2.15. The van der Waals surface area contributed by atoms with E-state index in [1.54, 1.807) is 6.20 Å². The van der Waals surface area contributed by atoms with Gasteiger partial charge in [-0.25, -0.2) is 4.98 Å². The average molecular weight is 175 g/mol. The second kappa shape index (κ2) is 2.78. The van der Waals surface area contributed by atoms with Gasteiger partial charge in [0.1, 0.15) is 5.65 Å². The van der Waals surface area contributed by atoms with Gasteiger partial charge in [0.05, 0.1) is 0 Å². The highest BCUT2D eigenvalue weighted by Crippen LogP contribution is 2.03. The maximum atomic E-state index is 5.55. The lowest BCUT2D eigenvalue weighted by atomic mass is 10.2. The fourth-order valence-corrected chi connectivity index (χ4v) is 1.15. The highest BCUT2D eigenvalue weighted by molar-refractivity contribution is 5.97. The van der Waals surface area contributed by atoms with Crippen molar-refractivity contribution in [3.05, 3.63) is 36.3 Å². The Morgan fingerprint density at radius 1 is 1.46 bits per heavy atom. The molecule has 0 aliphatic heterocycles. The number of imidazole rings is 1. The molecule has 0 amide bonds. The van der Waals surface area contributed by atoms with E-state index >= 15 is 0 Å². The number of nitrogens with two attached hydrogens (primary N) is 2. The van der Waals surface area contributed by atoms with Crippen molar-refractivity contribution in [2.24, 2.45) is 16.7 Å². The number of rotatable bonds is 1. The van der Waals surface area contributed by atoms with Crippen molar-refractivity contribution < 1.29 is 0 Å². The Hall–Kier alpha value is -2.04. The molecule has 0 aliphatic carbocycles. The molecular weight excluding hydrogens is 166 g/mol. The van der Waals surface area contributed by atoms with Crippen molar-refractivity contribution in [2.75, 3.05) is 0 Å². The molecule has 0 atom stereocenters. The van der Waals surface area contributed by atoms with Crippen LogP contribution in [0.25, 0.3) is 5.65 Å². The maximum Gasteiger partial charge on any atom is 0.151 e. The van der Waals surface area contributed by atoms with Crippen LogP contribution in [0, 0.1) is 0 Å². The molecule has 0 bridgehead atoms. The predicted molar refractivity (Wildman–Crippen MR) is 50.1 cm³/mol. The summed E-state index contributed by atoms with van der Waals surface area (Å²) in [6, 6.07) is 3.68. The lowest BCUT2D eigenvalue weighted by Gasteiger charge is -1.99. The number of nitrogens with zero attached hydrogens (tertiary/aromatic N) is 3. The first kappa shape index (κ1) is 7.60. The molecule has 13 heavy (non-hydrogen) atoms. The SMILES string of the molecule is NN=C(N)c1ccc2nccn2c1. The normalized spacial score (nSPS) is 12.2.